The zero-order chi connectivity index (χ0) is 16.1. The smallest absolute Gasteiger partial charge is 0.339 e. The van der Waals surface area contributed by atoms with Crippen LogP contribution in [0.3, 0.4) is 0 Å². The van der Waals surface area contributed by atoms with E-state index in [1.54, 1.807) is 12.1 Å². The average Bonchev–Trinajstić information content (AvgIpc) is 2.55. The van der Waals surface area contributed by atoms with E-state index in [2.05, 4.69) is 4.74 Å². The fourth-order valence-corrected chi connectivity index (χ4v) is 1.83. The summed E-state index contributed by atoms with van der Waals surface area (Å²) in [6.45, 7) is -0.446. The zero-order valence-electron chi connectivity index (χ0n) is 11.6. The predicted octanol–water partition coefficient (Wildman–Crippen LogP) is 3.11. The van der Waals surface area contributed by atoms with E-state index >= 15 is 0 Å². The molecule has 0 spiro atoms. The monoisotopic (exact) mass is 306 g/mol. The van der Waals surface area contributed by atoms with E-state index in [0.29, 0.717) is 0 Å². The topological polar surface area (TPSA) is 52.6 Å². The number of halogens is 2. The maximum absolute atomic E-state index is 13.5. The highest BCUT2D eigenvalue weighted by Gasteiger charge is 2.19. The molecule has 0 unspecified atom stereocenters. The van der Waals surface area contributed by atoms with Gasteiger partial charge >= 0.3 is 11.9 Å². The van der Waals surface area contributed by atoms with Crippen LogP contribution in [0.15, 0.2) is 42.5 Å². The number of esters is 2. The standard InChI is InChI=1S/C16H12F2O4/c1-21-15(19)11-6-2-3-7-12(11)16(20)22-9-10-5-4-8-13(17)14(10)18/h2-8H,9H2,1H3. The number of ether oxygens (including phenoxy) is 2. The van der Waals surface area contributed by atoms with E-state index in [0.717, 1.165) is 6.07 Å². The second kappa shape index (κ2) is 6.80. The summed E-state index contributed by atoms with van der Waals surface area (Å²) in [5.74, 6) is -3.62. The van der Waals surface area contributed by atoms with Crippen LogP contribution in [0.2, 0.25) is 0 Å². The van der Waals surface area contributed by atoms with E-state index in [4.69, 9.17) is 4.74 Å². The van der Waals surface area contributed by atoms with Gasteiger partial charge in [0.15, 0.2) is 11.6 Å². The maximum atomic E-state index is 13.5. The number of hydrogen-bond donors (Lipinski definition) is 0. The molecule has 2 aromatic rings. The van der Waals surface area contributed by atoms with Gasteiger partial charge in [-0.15, -0.1) is 0 Å². The van der Waals surface area contributed by atoms with Crippen molar-refractivity contribution in [3.63, 3.8) is 0 Å². The van der Waals surface area contributed by atoms with Crippen LogP contribution in [-0.2, 0) is 16.1 Å². The van der Waals surface area contributed by atoms with Gasteiger partial charge in [-0.2, -0.15) is 0 Å². The van der Waals surface area contributed by atoms with Crippen LogP contribution >= 0.6 is 0 Å². The number of carbonyl (C=O) groups is 2. The Kier molecular flexibility index (Phi) is 4.83. The predicted molar refractivity (Wildman–Crippen MR) is 73.3 cm³/mol. The van der Waals surface area contributed by atoms with Crippen LogP contribution in [0.5, 0.6) is 0 Å². The molecule has 4 nitrogen and oxygen atoms in total. The van der Waals surface area contributed by atoms with E-state index in [1.165, 1.54) is 31.4 Å². The van der Waals surface area contributed by atoms with Crippen LogP contribution in [0, 0.1) is 11.6 Å². The highest BCUT2D eigenvalue weighted by Crippen LogP contribution is 2.15. The van der Waals surface area contributed by atoms with Crippen molar-refractivity contribution >= 4 is 11.9 Å². The summed E-state index contributed by atoms with van der Waals surface area (Å²) < 4.78 is 36.0. The van der Waals surface area contributed by atoms with Crippen molar-refractivity contribution in [1.82, 2.24) is 0 Å². The summed E-state index contributed by atoms with van der Waals surface area (Å²) in [6, 6.07) is 9.48. The molecule has 0 N–H and O–H groups in total. The fourth-order valence-electron chi connectivity index (χ4n) is 1.83. The lowest BCUT2D eigenvalue weighted by Crippen LogP contribution is -2.13. The Labute approximate surface area is 125 Å². The highest BCUT2D eigenvalue weighted by atomic mass is 19.2. The first-order valence-electron chi connectivity index (χ1n) is 6.32. The Bertz CT molecular complexity index is 713. The molecule has 0 atom stereocenters. The zero-order valence-corrected chi connectivity index (χ0v) is 11.6. The second-order valence-electron chi connectivity index (χ2n) is 4.33. The van der Waals surface area contributed by atoms with Gasteiger partial charge in [0.1, 0.15) is 6.61 Å². The molecule has 0 aliphatic heterocycles. The van der Waals surface area contributed by atoms with Crippen LogP contribution in [0.25, 0.3) is 0 Å². The summed E-state index contributed by atoms with van der Waals surface area (Å²) in [7, 11) is 1.19. The minimum atomic E-state index is -1.07. The highest BCUT2D eigenvalue weighted by molar-refractivity contribution is 6.03. The van der Waals surface area contributed by atoms with Crippen LogP contribution in [0.4, 0.5) is 8.78 Å². The third-order valence-corrected chi connectivity index (χ3v) is 2.94. The summed E-state index contributed by atoms with van der Waals surface area (Å²) in [6.07, 6.45) is 0. The Morgan fingerprint density at radius 2 is 1.59 bits per heavy atom. The first-order valence-corrected chi connectivity index (χ1v) is 6.32. The van der Waals surface area contributed by atoms with Crippen molar-refractivity contribution < 1.29 is 27.8 Å². The fraction of sp³-hybridized carbons (Fsp3) is 0.125. The lowest BCUT2D eigenvalue weighted by atomic mass is 10.1. The van der Waals surface area contributed by atoms with Gasteiger partial charge in [0.25, 0.3) is 0 Å². The molecule has 2 rings (SSSR count). The van der Waals surface area contributed by atoms with Crippen molar-refractivity contribution in [1.29, 1.82) is 0 Å². The van der Waals surface area contributed by atoms with Crippen LogP contribution < -0.4 is 0 Å². The van der Waals surface area contributed by atoms with Gasteiger partial charge in [0, 0.05) is 5.56 Å². The van der Waals surface area contributed by atoms with E-state index in [-0.39, 0.29) is 16.7 Å². The Hall–Kier alpha value is -2.76. The van der Waals surface area contributed by atoms with Crippen LogP contribution in [0.1, 0.15) is 26.3 Å². The van der Waals surface area contributed by atoms with Gasteiger partial charge in [-0.3, -0.25) is 0 Å². The van der Waals surface area contributed by atoms with Crippen molar-refractivity contribution in [3.05, 3.63) is 70.8 Å². The SMILES string of the molecule is COC(=O)c1ccccc1C(=O)OCc1cccc(F)c1F. The van der Waals surface area contributed by atoms with Gasteiger partial charge in [-0.25, -0.2) is 18.4 Å². The number of benzene rings is 2. The van der Waals surface area contributed by atoms with Crippen molar-refractivity contribution in [3.8, 4) is 0 Å². The Balaban J connectivity index is 2.17. The normalized spacial score (nSPS) is 10.1. The van der Waals surface area contributed by atoms with E-state index in [9.17, 15) is 18.4 Å². The Morgan fingerprint density at radius 3 is 2.23 bits per heavy atom. The van der Waals surface area contributed by atoms with Gasteiger partial charge in [0.2, 0.25) is 0 Å². The number of rotatable bonds is 4. The molecule has 0 fully saturated rings. The van der Waals surface area contributed by atoms with Gasteiger partial charge < -0.3 is 9.47 Å². The summed E-state index contributed by atoms with van der Waals surface area (Å²) in [5.41, 5.74) is -0.0650. The minimum Gasteiger partial charge on any atom is -0.465 e. The number of carbonyl (C=O) groups excluding carboxylic acids is 2. The molecular formula is C16H12F2O4. The summed E-state index contributed by atoms with van der Waals surface area (Å²) in [5, 5.41) is 0. The molecule has 22 heavy (non-hydrogen) atoms. The molecule has 2 aromatic carbocycles. The van der Waals surface area contributed by atoms with Crippen molar-refractivity contribution in [2.24, 2.45) is 0 Å². The minimum absolute atomic E-state index is 0.00818. The molecule has 0 heterocycles. The molecular weight excluding hydrogens is 294 g/mol. The molecule has 6 heteroatoms. The van der Waals surface area contributed by atoms with Gasteiger partial charge in [0.05, 0.1) is 18.2 Å². The Morgan fingerprint density at radius 1 is 0.955 bits per heavy atom. The number of hydrogen-bond acceptors (Lipinski definition) is 4. The molecule has 0 saturated carbocycles. The average molecular weight is 306 g/mol. The van der Waals surface area contributed by atoms with Gasteiger partial charge in [-0.05, 0) is 18.2 Å². The third-order valence-electron chi connectivity index (χ3n) is 2.94. The number of methoxy groups -OCH3 is 1. The molecule has 0 aliphatic rings. The van der Waals surface area contributed by atoms with E-state index in [1.807, 2.05) is 0 Å². The summed E-state index contributed by atoms with van der Waals surface area (Å²) in [4.78, 5) is 23.6. The van der Waals surface area contributed by atoms with Gasteiger partial charge in [-0.1, -0.05) is 24.3 Å². The molecule has 0 amide bonds. The van der Waals surface area contributed by atoms with Crippen LogP contribution in [-0.4, -0.2) is 19.0 Å². The van der Waals surface area contributed by atoms with Crippen molar-refractivity contribution in [2.45, 2.75) is 6.61 Å². The lowest BCUT2D eigenvalue weighted by molar-refractivity contribution is 0.0453. The molecule has 0 aromatic heterocycles. The lowest BCUT2D eigenvalue weighted by Gasteiger charge is -2.09. The molecule has 0 bridgehead atoms. The molecule has 0 radical (unpaired) electrons. The largest absolute Gasteiger partial charge is 0.465 e. The first-order chi connectivity index (χ1) is 10.5. The van der Waals surface area contributed by atoms with E-state index < -0.39 is 30.2 Å². The maximum Gasteiger partial charge on any atom is 0.339 e. The summed E-state index contributed by atoms with van der Waals surface area (Å²) >= 11 is 0. The quantitative estimate of drug-likeness (QED) is 0.814. The third kappa shape index (κ3) is 3.28. The van der Waals surface area contributed by atoms with Crippen molar-refractivity contribution in [2.75, 3.05) is 7.11 Å². The molecule has 0 aliphatic carbocycles. The molecule has 0 saturated heterocycles. The second-order valence-corrected chi connectivity index (χ2v) is 4.33. The first kappa shape index (κ1) is 15.6. The molecule has 114 valence electrons.